The van der Waals surface area contributed by atoms with Crippen molar-refractivity contribution in [2.75, 3.05) is 25.4 Å². The van der Waals surface area contributed by atoms with E-state index in [4.69, 9.17) is 11.5 Å². The highest BCUT2D eigenvalue weighted by molar-refractivity contribution is 5.97. The Kier molecular flexibility index (Phi) is 11.2. The number of nitrogens with one attached hydrogen (secondary N) is 1. The zero-order chi connectivity index (χ0) is 30.2. The topological polar surface area (TPSA) is 122 Å². The number of carbonyl (C=O) groups excluding carboxylic acids is 2. The Bertz CT molecular complexity index is 1270. The average Bonchev–Trinajstić information content (AvgIpc) is 2.90. The van der Waals surface area contributed by atoms with E-state index in [1.165, 1.54) is 12.1 Å². The number of allylic oxidation sites excluding steroid dienone is 2. The second kappa shape index (κ2) is 14.4. The number of carbonyl (C=O) groups is 2. The maximum Gasteiger partial charge on any atom is 0.249 e. The van der Waals surface area contributed by atoms with Gasteiger partial charge in [-0.15, -0.1) is 0 Å². The SMILES string of the molecule is CCCN(CCC)C(=O)C1=CC(C)=CC(C(N)=O)([C@H](Cc2cc(F)cc(F)c2)[C@@H](O)CNCc2cccc(N)c2)C1. The van der Waals surface area contributed by atoms with Crippen molar-refractivity contribution in [3.8, 4) is 0 Å². The van der Waals surface area contributed by atoms with Crippen LogP contribution in [0.4, 0.5) is 14.5 Å². The second-order valence-corrected chi connectivity index (χ2v) is 11.0. The molecule has 0 saturated heterocycles. The molecule has 0 aliphatic heterocycles. The summed E-state index contributed by atoms with van der Waals surface area (Å²) in [6.45, 7) is 7.35. The first kappa shape index (κ1) is 32.0. The lowest BCUT2D eigenvalue weighted by atomic mass is 9.63. The zero-order valence-electron chi connectivity index (χ0n) is 24.1. The number of amides is 2. The van der Waals surface area contributed by atoms with E-state index in [1.54, 1.807) is 30.0 Å². The number of hydrogen-bond donors (Lipinski definition) is 4. The molecule has 2 aromatic carbocycles. The van der Waals surface area contributed by atoms with Crippen LogP contribution >= 0.6 is 0 Å². The van der Waals surface area contributed by atoms with Crippen molar-refractivity contribution in [2.24, 2.45) is 17.1 Å². The van der Waals surface area contributed by atoms with Crippen molar-refractivity contribution < 1.29 is 23.5 Å². The Hall–Kier alpha value is -3.56. The van der Waals surface area contributed by atoms with Gasteiger partial charge in [-0.1, -0.05) is 43.7 Å². The minimum atomic E-state index is -1.48. The van der Waals surface area contributed by atoms with Crippen molar-refractivity contribution in [2.45, 2.75) is 59.1 Å². The summed E-state index contributed by atoms with van der Waals surface area (Å²) in [4.78, 5) is 28.7. The molecule has 0 saturated carbocycles. The third-order valence-electron chi connectivity index (χ3n) is 7.52. The highest BCUT2D eigenvalue weighted by Crippen LogP contribution is 2.44. The maximum atomic E-state index is 14.2. The lowest BCUT2D eigenvalue weighted by Gasteiger charge is -2.42. The first-order valence-corrected chi connectivity index (χ1v) is 14.2. The lowest BCUT2D eigenvalue weighted by molar-refractivity contribution is -0.132. The number of nitrogens with two attached hydrogens (primary N) is 2. The molecular formula is C32H42F2N4O3. The summed E-state index contributed by atoms with van der Waals surface area (Å²) in [5.41, 5.74) is 13.3. The zero-order valence-corrected chi connectivity index (χ0v) is 24.1. The van der Waals surface area contributed by atoms with E-state index < -0.39 is 35.0 Å². The largest absolute Gasteiger partial charge is 0.399 e. The molecule has 2 aromatic rings. The van der Waals surface area contributed by atoms with Gasteiger partial charge in [0.2, 0.25) is 11.8 Å². The molecule has 0 aromatic heterocycles. The number of aliphatic hydroxyl groups is 1. The lowest BCUT2D eigenvalue weighted by Crippen LogP contribution is -2.51. The molecule has 222 valence electrons. The van der Waals surface area contributed by atoms with Crippen molar-refractivity contribution in [1.82, 2.24) is 10.2 Å². The fourth-order valence-electron chi connectivity index (χ4n) is 5.77. The molecule has 1 aliphatic rings. The third kappa shape index (κ3) is 8.24. The number of nitrogen functional groups attached to an aromatic ring is 1. The summed E-state index contributed by atoms with van der Waals surface area (Å²) in [6.07, 6.45) is 3.77. The molecule has 0 fully saturated rings. The number of anilines is 1. The van der Waals surface area contributed by atoms with Crippen LogP contribution in [0.25, 0.3) is 0 Å². The fraction of sp³-hybridized carbons (Fsp3) is 0.438. The number of primary amides is 1. The van der Waals surface area contributed by atoms with E-state index in [0.29, 0.717) is 36.5 Å². The van der Waals surface area contributed by atoms with E-state index in [0.717, 1.165) is 24.5 Å². The van der Waals surface area contributed by atoms with Crippen LogP contribution in [0.2, 0.25) is 0 Å². The summed E-state index contributed by atoms with van der Waals surface area (Å²) in [5.74, 6) is -3.32. The Morgan fingerprint density at radius 2 is 1.73 bits per heavy atom. The smallest absolute Gasteiger partial charge is 0.249 e. The van der Waals surface area contributed by atoms with Gasteiger partial charge in [0.15, 0.2) is 0 Å². The van der Waals surface area contributed by atoms with Gasteiger partial charge in [0.25, 0.3) is 0 Å². The molecule has 0 heterocycles. The van der Waals surface area contributed by atoms with Crippen LogP contribution in [-0.4, -0.2) is 47.6 Å². The van der Waals surface area contributed by atoms with Crippen LogP contribution in [-0.2, 0) is 22.6 Å². The van der Waals surface area contributed by atoms with Gasteiger partial charge in [0.1, 0.15) is 11.6 Å². The van der Waals surface area contributed by atoms with Crippen LogP contribution in [0.5, 0.6) is 0 Å². The highest BCUT2D eigenvalue weighted by Gasteiger charge is 2.48. The van der Waals surface area contributed by atoms with Crippen molar-refractivity contribution in [3.63, 3.8) is 0 Å². The summed E-state index contributed by atoms with van der Waals surface area (Å²) in [6, 6.07) is 10.4. The molecule has 3 rings (SSSR count). The van der Waals surface area contributed by atoms with Gasteiger partial charge in [-0.25, -0.2) is 8.78 Å². The Balaban J connectivity index is 1.98. The van der Waals surface area contributed by atoms with Crippen molar-refractivity contribution in [1.29, 1.82) is 0 Å². The number of nitrogens with zero attached hydrogens (tertiary/aromatic N) is 1. The summed E-state index contributed by atoms with van der Waals surface area (Å²) in [5, 5.41) is 14.8. The van der Waals surface area contributed by atoms with Crippen LogP contribution < -0.4 is 16.8 Å². The van der Waals surface area contributed by atoms with E-state index >= 15 is 0 Å². The molecule has 1 aliphatic carbocycles. The standard InChI is InChI=1S/C32H42F2N4O3/c1-4-9-38(10-5-2)30(40)24-11-21(3)17-32(18-24,31(36)41)28(15-23-12-25(33)16-26(34)13-23)29(39)20-37-19-22-7-6-8-27(35)14-22/h6-8,11-14,16-17,28-29,37,39H,4-5,9-10,15,18-20,35H2,1-3H3,(H2,36,41)/t28-,29+,32?/m1/s1. The van der Waals surface area contributed by atoms with Gasteiger partial charge in [0.05, 0.1) is 11.5 Å². The van der Waals surface area contributed by atoms with Gasteiger partial charge in [-0.3, -0.25) is 9.59 Å². The minimum absolute atomic E-state index is 0.0306. The van der Waals surface area contributed by atoms with E-state index in [9.17, 15) is 23.5 Å². The highest BCUT2D eigenvalue weighted by atomic mass is 19.1. The van der Waals surface area contributed by atoms with E-state index in [1.807, 2.05) is 32.0 Å². The predicted octanol–water partition coefficient (Wildman–Crippen LogP) is 4.25. The molecule has 3 atom stereocenters. The molecule has 1 unspecified atom stereocenters. The van der Waals surface area contributed by atoms with Crippen LogP contribution in [0.3, 0.4) is 0 Å². The first-order chi connectivity index (χ1) is 19.5. The number of rotatable bonds is 14. The number of benzene rings is 2. The number of halogens is 2. The fourth-order valence-corrected chi connectivity index (χ4v) is 5.77. The summed E-state index contributed by atoms with van der Waals surface area (Å²) in [7, 11) is 0. The molecular weight excluding hydrogens is 526 g/mol. The molecule has 2 amide bonds. The van der Waals surface area contributed by atoms with E-state index in [-0.39, 0.29) is 30.9 Å². The molecule has 6 N–H and O–H groups in total. The van der Waals surface area contributed by atoms with Gasteiger partial charge in [-0.2, -0.15) is 0 Å². The molecule has 41 heavy (non-hydrogen) atoms. The first-order valence-electron chi connectivity index (χ1n) is 14.2. The third-order valence-corrected chi connectivity index (χ3v) is 7.52. The normalized spacial score (nSPS) is 18.3. The van der Waals surface area contributed by atoms with Crippen LogP contribution in [0.15, 0.2) is 65.8 Å². The number of aliphatic hydroxyl groups excluding tert-OH is 1. The van der Waals surface area contributed by atoms with Gasteiger partial charge < -0.3 is 26.8 Å². The van der Waals surface area contributed by atoms with Gasteiger partial charge >= 0.3 is 0 Å². The summed E-state index contributed by atoms with van der Waals surface area (Å²) >= 11 is 0. The quantitative estimate of drug-likeness (QED) is 0.254. The van der Waals surface area contributed by atoms with Crippen molar-refractivity contribution >= 4 is 17.5 Å². The van der Waals surface area contributed by atoms with Crippen molar-refractivity contribution in [3.05, 3.63) is 88.5 Å². The molecule has 0 spiro atoms. The number of hydrogen-bond acceptors (Lipinski definition) is 5. The Morgan fingerprint density at radius 3 is 2.32 bits per heavy atom. The molecule has 0 bridgehead atoms. The minimum Gasteiger partial charge on any atom is -0.399 e. The van der Waals surface area contributed by atoms with E-state index in [2.05, 4.69) is 5.32 Å². The molecule has 7 nitrogen and oxygen atoms in total. The summed E-state index contributed by atoms with van der Waals surface area (Å²) < 4.78 is 28.3. The molecule has 9 heteroatoms. The monoisotopic (exact) mass is 568 g/mol. The Morgan fingerprint density at radius 1 is 1.07 bits per heavy atom. The average molecular weight is 569 g/mol. The Labute approximate surface area is 241 Å². The second-order valence-electron chi connectivity index (χ2n) is 11.0. The predicted molar refractivity (Wildman–Crippen MR) is 157 cm³/mol. The van der Waals surface area contributed by atoms with Gasteiger partial charge in [-0.05, 0) is 68.0 Å². The van der Waals surface area contributed by atoms with Crippen LogP contribution in [0.1, 0.15) is 51.2 Å². The van der Waals surface area contributed by atoms with Crippen LogP contribution in [0, 0.1) is 23.0 Å². The van der Waals surface area contributed by atoms with Gasteiger partial charge in [0, 0.05) is 49.4 Å². The maximum absolute atomic E-state index is 14.2. The molecule has 0 radical (unpaired) electrons.